The van der Waals surface area contributed by atoms with Crippen LogP contribution in [-0.2, 0) is 26.5 Å². The van der Waals surface area contributed by atoms with E-state index >= 15 is 0 Å². The van der Waals surface area contributed by atoms with Gasteiger partial charge >= 0.3 is 0 Å². The summed E-state index contributed by atoms with van der Waals surface area (Å²) in [6.07, 6.45) is 4.75. The van der Waals surface area contributed by atoms with Gasteiger partial charge in [0.1, 0.15) is 5.58 Å². The van der Waals surface area contributed by atoms with E-state index in [2.05, 4.69) is 109 Å². The van der Waals surface area contributed by atoms with Gasteiger partial charge in [0.2, 0.25) is 0 Å². The SMILES string of the molecule is CC(C)(C)Cc1ccc(-c2ccnc(-c3[c-]cccc3)c2)cc1.Cc1cc2c(ccc3c4cc[c-]c(-c5ccccn5)c4oc23)c(C)n1.[Ir]. The van der Waals surface area contributed by atoms with Gasteiger partial charge in [-0.1, -0.05) is 86.3 Å². The van der Waals surface area contributed by atoms with Crippen LogP contribution in [0.4, 0.5) is 0 Å². The largest absolute Gasteiger partial charge is 0.500 e. The third kappa shape index (κ3) is 7.39. The first-order chi connectivity index (χ1) is 23.2. The summed E-state index contributed by atoms with van der Waals surface area (Å²) in [6, 6.07) is 43.7. The van der Waals surface area contributed by atoms with Gasteiger partial charge in [-0.25, -0.2) is 0 Å². The Morgan fingerprint density at radius 3 is 2.12 bits per heavy atom. The van der Waals surface area contributed by atoms with Gasteiger partial charge in [0.05, 0.1) is 5.58 Å². The number of rotatable bonds is 4. The van der Waals surface area contributed by atoms with Crippen LogP contribution in [-0.4, -0.2) is 15.0 Å². The molecule has 4 aromatic carbocycles. The van der Waals surface area contributed by atoms with Crippen LogP contribution >= 0.6 is 0 Å². The molecule has 4 nitrogen and oxygen atoms in total. The summed E-state index contributed by atoms with van der Waals surface area (Å²) in [7, 11) is 0. The maximum absolute atomic E-state index is 6.36. The average molecular weight is 816 g/mol. The van der Waals surface area contributed by atoms with Crippen molar-refractivity contribution in [3.05, 3.63) is 151 Å². The van der Waals surface area contributed by atoms with Crippen LogP contribution in [0.15, 0.2) is 126 Å². The Labute approximate surface area is 301 Å². The Bertz CT molecular complexity index is 2360. The minimum Gasteiger partial charge on any atom is -0.500 e. The number of fused-ring (bicyclic) bond motifs is 5. The summed E-state index contributed by atoms with van der Waals surface area (Å²) < 4.78 is 6.36. The standard InChI is InChI=1S/C22H15N2O.C22H22N.Ir/c1-13-12-19-15(14(2)24-13)9-10-17-16-6-5-7-18(21(16)25-22(17)19)20-8-3-4-11-23-20;1-22(2,3)16-17-9-11-18(12-10-17)20-13-14-23-21(15-20)19-7-5-4-6-8-19;/h3-6,8-12H,1-2H3;4-7,9-15H,16H2,1-3H3;/q2*-1;. The van der Waals surface area contributed by atoms with Crippen molar-refractivity contribution in [3.8, 4) is 33.6 Å². The third-order valence-corrected chi connectivity index (χ3v) is 8.41. The van der Waals surface area contributed by atoms with Crippen molar-refractivity contribution in [1.29, 1.82) is 0 Å². The normalized spacial score (nSPS) is 11.3. The molecule has 0 unspecified atom stereocenters. The second-order valence-electron chi connectivity index (χ2n) is 13.4. The number of hydrogen-bond donors (Lipinski definition) is 0. The molecule has 0 fully saturated rings. The molecule has 0 amide bonds. The van der Waals surface area contributed by atoms with Gasteiger partial charge < -0.3 is 14.4 Å². The molecule has 5 heteroatoms. The van der Waals surface area contributed by atoms with E-state index in [4.69, 9.17) is 4.42 Å². The van der Waals surface area contributed by atoms with Gasteiger partial charge in [-0.2, -0.15) is 0 Å². The van der Waals surface area contributed by atoms with Gasteiger partial charge in [0.15, 0.2) is 0 Å². The van der Waals surface area contributed by atoms with E-state index < -0.39 is 0 Å². The fourth-order valence-corrected chi connectivity index (χ4v) is 6.29. The number of aryl methyl sites for hydroxylation is 2. The zero-order valence-corrected chi connectivity index (χ0v) is 30.7. The molecule has 4 aromatic heterocycles. The smallest absolute Gasteiger partial charge is 0.128 e. The molecule has 0 aliphatic heterocycles. The Morgan fingerprint density at radius 2 is 1.39 bits per heavy atom. The van der Waals surface area contributed by atoms with Crippen LogP contribution < -0.4 is 0 Å². The average Bonchev–Trinajstić information content (AvgIpc) is 3.49. The molecule has 8 rings (SSSR count). The molecule has 8 aromatic rings. The number of aromatic nitrogens is 3. The molecule has 0 N–H and O–H groups in total. The second kappa shape index (κ2) is 14.3. The molecular formula is C44H37IrN3O-2. The summed E-state index contributed by atoms with van der Waals surface area (Å²) in [5, 5.41) is 4.42. The van der Waals surface area contributed by atoms with Crippen LogP contribution in [0.5, 0.6) is 0 Å². The van der Waals surface area contributed by atoms with E-state index in [1.807, 2.05) is 68.6 Å². The Kier molecular flexibility index (Phi) is 9.87. The molecule has 1 radical (unpaired) electrons. The first-order valence-electron chi connectivity index (χ1n) is 16.3. The van der Waals surface area contributed by atoms with Crippen molar-refractivity contribution >= 4 is 32.7 Å². The molecule has 4 heterocycles. The zero-order valence-electron chi connectivity index (χ0n) is 28.3. The summed E-state index contributed by atoms with van der Waals surface area (Å²) in [6.45, 7) is 10.9. The number of furan rings is 1. The molecule has 0 spiro atoms. The van der Waals surface area contributed by atoms with Gasteiger partial charge in [-0.05, 0) is 72.0 Å². The van der Waals surface area contributed by atoms with Crippen LogP contribution in [0.1, 0.15) is 37.7 Å². The topological polar surface area (TPSA) is 51.8 Å². The number of benzene rings is 4. The van der Waals surface area contributed by atoms with E-state index in [9.17, 15) is 0 Å². The minimum absolute atomic E-state index is 0. The Balaban J connectivity index is 0.000000167. The van der Waals surface area contributed by atoms with Crippen LogP contribution in [0.3, 0.4) is 0 Å². The monoisotopic (exact) mass is 816 g/mol. The molecule has 0 saturated carbocycles. The molecular weight excluding hydrogens is 779 g/mol. The zero-order chi connectivity index (χ0) is 33.3. The number of nitrogens with zero attached hydrogens (tertiary/aromatic N) is 3. The molecule has 0 bridgehead atoms. The molecule has 245 valence electrons. The van der Waals surface area contributed by atoms with Gasteiger partial charge in [0, 0.05) is 60.0 Å². The van der Waals surface area contributed by atoms with Gasteiger partial charge in [0.25, 0.3) is 0 Å². The summed E-state index contributed by atoms with van der Waals surface area (Å²) in [5.74, 6) is 0. The van der Waals surface area contributed by atoms with Gasteiger partial charge in [-0.3, -0.25) is 4.98 Å². The summed E-state index contributed by atoms with van der Waals surface area (Å²) >= 11 is 0. The maximum atomic E-state index is 6.36. The molecule has 0 saturated heterocycles. The predicted octanol–water partition coefficient (Wildman–Crippen LogP) is 11.4. The summed E-state index contributed by atoms with van der Waals surface area (Å²) in [4.78, 5) is 13.5. The number of pyridine rings is 3. The van der Waals surface area contributed by atoms with Crippen molar-refractivity contribution in [2.75, 3.05) is 0 Å². The van der Waals surface area contributed by atoms with E-state index in [1.54, 1.807) is 6.20 Å². The quantitative estimate of drug-likeness (QED) is 0.166. The Hall–Kier alpha value is -4.96. The fourth-order valence-electron chi connectivity index (χ4n) is 6.29. The van der Waals surface area contributed by atoms with E-state index in [-0.39, 0.29) is 20.1 Å². The first kappa shape index (κ1) is 33.9. The van der Waals surface area contributed by atoms with Crippen molar-refractivity contribution in [2.45, 2.75) is 41.0 Å². The van der Waals surface area contributed by atoms with E-state index in [0.717, 1.165) is 73.0 Å². The van der Waals surface area contributed by atoms with Crippen molar-refractivity contribution in [1.82, 2.24) is 15.0 Å². The number of hydrogen-bond acceptors (Lipinski definition) is 4. The van der Waals surface area contributed by atoms with Crippen LogP contribution in [0, 0.1) is 31.4 Å². The van der Waals surface area contributed by atoms with E-state index in [1.165, 1.54) is 16.7 Å². The molecule has 49 heavy (non-hydrogen) atoms. The van der Waals surface area contributed by atoms with Gasteiger partial charge in [-0.15, -0.1) is 54.1 Å². The first-order valence-corrected chi connectivity index (χ1v) is 16.3. The molecule has 0 aliphatic rings. The Morgan fingerprint density at radius 1 is 0.633 bits per heavy atom. The second-order valence-corrected chi connectivity index (χ2v) is 13.4. The third-order valence-electron chi connectivity index (χ3n) is 8.41. The fraction of sp³-hybridized carbons (Fsp3) is 0.159. The molecule has 0 aliphatic carbocycles. The van der Waals surface area contributed by atoms with Crippen molar-refractivity contribution in [3.63, 3.8) is 0 Å². The molecule has 0 atom stereocenters. The predicted molar refractivity (Wildman–Crippen MR) is 198 cm³/mol. The van der Waals surface area contributed by atoms with Crippen molar-refractivity contribution < 1.29 is 24.5 Å². The van der Waals surface area contributed by atoms with E-state index in [0.29, 0.717) is 5.41 Å². The van der Waals surface area contributed by atoms with Crippen LogP contribution in [0.25, 0.3) is 66.4 Å². The van der Waals surface area contributed by atoms with Crippen LogP contribution in [0.2, 0.25) is 0 Å². The maximum Gasteiger partial charge on any atom is 0.128 e. The van der Waals surface area contributed by atoms with Crippen molar-refractivity contribution in [2.24, 2.45) is 5.41 Å². The minimum atomic E-state index is 0. The summed E-state index contributed by atoms with van der Waals surface area (Å²) in [5.41, 5.74) is 11.6.